The molecular formula is C18H30N4O12. The van der Waals surface area contributed by atoms with Crippen molar-refractivity contribution in [1.82, 2.24) is 20.4 Å². The maximum Gasteiger partial charge on any atom is 0.330 e. The number of nitrogens with one attached hydrogen (secondary N) is 2. The van der Waals surface area contributed by atoms with Crippen molar-refractivity contribution in [3.63, 3.8) is 0 Å². The van der Waals surface area contributed by atoms with Gasteiger partial charge in [0.15, 0.2) is 12.1 Å². The molecule has 0 aliphatic carbocycles. The molecule has 0 spiro atoms. The van der Waals surface area contributed by atoms with Crippen LogP contribution in [0.2, 0.25) is 0 Å². The van der Waals surface area contributed by atoms with Gasteiger partial charge in [-0.25, -0.2) is 9.59 Å². The highest BCUT2D eigenvalue weighted by Crippen LogP contribution is 1.97. The van der Waals surface area contributed by atoms with Gasteiger partial charge in [-0.15, -0.1) is 0 Å². The number of carboxylic acid groups (broad SMARTS) is 2. The number of amides is 2. The van der Waals surface area contributed by atoms with Crippen molar-refractivity contribution in [1.29, 1.82) is 0 Å². The van der Waals surface area contributed by atoms with Crippen molar-refractivity contribution in [2.75, 3.05) is 66.7 Å². The Hall–Kier alpha value is -3.34. The average Bonchev–Trinajstić information content (AvgIpc) is 2.77. The number of methoxy groups -OCH3 is 2. The summed E-state index contributed by atoms with van der Waals surface area (Å²) >= 11 is 0. The molecule has 2 amide bonds. The van der Waals surface area contributed by atoms with Crippen molar-refractivity contribution in [3.05, 3.63) is 0 Å². The zero-order valence-electron chi connectivity index (χ0n) is 18.8. The molecule has 16 heteroatoms. The first-order valence-corrected chi connectivity index (χ1v) is 9.81. The molecule has 0 fully saturated rings. The minimum Gasteiger partial charge on any atom is -0.480 e. The van der Waals surface area contributed by atoms with Crippen LogP contribution < -0.4 is 10.6 Å². The highest BCUT2D eigenvalue weighted by Gasteiger charge is 2.25. The van der Waals surface area contributed by atoms with Crippen molar-refractivity contribution < 1.29 is 58.7 Å². The largest absolute Gasteiger partial charge is 0.480 e. The molecule has 0 rings (SSSR count). The molecule has 16 nitrogen and oxygen atoms in total. The summed E-state index contributed by atoms with van der Waals surface area (Å²) in [5.41, 5.74) is 0. The van der Waals surface area contributed by atoms with Gasteiger partial charge in [-0.1, -0.05) is 0 Å². The Morgan fingerprint density at radius 1 is 0.676 bits per heavy atom. The van der Waals surface area contributed by atoms with Crippen LogP contribution >= 0.6 is 0 Å². The normalized spacial score (nSPS) is 12.5. The summed E-state index contributed by atoms with van der Waals surface area (Å²) in [6.07, 6.45) is 0. The zero-order chi connectivity index (χ0) is 26.3. The number of nitrogens with zero attached hydrogens (tertiary/aromatic N) is 2. The molecule has 0 aromatic carbocycles. The molecule has 194 valence electrons. The Morgan fingerprint density at radius 3 is 1.24 bits per heavy atom. The first-order valence-electron chi connectivity index (χ1n) is 9.81. The first kappa shape index (κ1) is 30.7. The first-order chi connectivity index (χ1) is 16.0. The van der Waals surface area contributed by atoms with Gasteiger partial charge >= 0.3 is 23.9 Å². The van der Waals surface area contributed by atoms with Crippen LogP contribution in [0.5, 0.6) is 0 Å². The van der Waals surface area contributed by atoms with Crippen molar-refractivity contribution in [2.45, 2.75) is 12.1 Å². The summed E-state index contributed by atoms with van der Waals surface area (Å²) in [4.78, 5) is 71.8. The Bertz CT molecular complexity index is 672. The highest BCUT2D eigenvalue weighted by atomic mass is 16.5. The predicted molar refractivity (Wildman–Crippen MR) is 110 cm³/mol. The van der Waals surface area contributed by atoms with Gasteiger partial charge in [-0.05, 0) is 0 Å². The lowest BCUT2D eigenvalue weighted by molar-refractivity contribution is -0.147. The number of carbonyl (C=O) groups is 6. The third-order valence-corrected chi connectivity index (χ3v) is 4.19. The summed E-state index contributed by atoms with van der Waals surface area (Å²) in [5, 5.41) is 40.8. The van der Waals surface area contributed by atoms with Gasteiger partial charge in [0.05, 0.1) is 53.6 Å². The number of rotatable bonds is 17. The molecule has 0 aromatic rings. The number of aliphatic hydroxyl groups excluding tert-OH is 2. The maximum absolute atomic E-state index is 12.2. The van der Waals surface area contributed by atoms with Gasteiger partial charge in [0.25, 0.3) is 0 Å². The number of carbonyl (C=O) groups excluding carboxylic acids is 4. The SMILES string of the molecule is COC(=O)C(CO)NC(=O)CN(CCN(CC(=O)O)CC(=O)NC(CO)C(=O)OC)CC(=O)O. The predicted octanol–water partition coefficient (Wildman–Crippen LogP) is -4.94. The number of esters is 2. The van der Waals surface area contributed by atoms with E-state index in [0.29, 0.717) is 0 Å². The van der Waals surface area contributed by atoms with Gasteiger partial charge < -0.3 is 40.5 Å². The quantitative estimate of drug-likeness (QED) is 0.104. The van der Waals surface area contributed by atoms with Crippen LogP contribution in [-0.4, -0.2) is 145 Å². The van der Waals surface area contributed by atoms with Crippen molar-refractivity contribution >= 4 is 35.7 Å². The molecule has 0 aromatic heterocycles. The van der Waals surface area contributed by atoms with Gasteiger partial charge in [0.1, 0.15) is 0 Å². The maximum atomic E-state index is 12.2. The van der Waals surface area contributed by atoms with Crippen LogP contribution in [0.25, 0.3) is 0 Å². The van der Waals surface area contributed by atoms with E-state index >= 15 is 0 Å². The molecule has 0 aliphatic heterocycles. The second kappa shape index (κ2) is 16.3. The summed E-state index contributed by atoms with van der Waals surface area (Å²) in [6.45, 7) is -4.16. The van der Waals surface area contributed by atoms with Gasteiger partial charge in [-0.3, -0.25) is 29.0 Å². The van der Waals surface area contributed by atoms with Crippen LogP contribution in [0.1, 0.15) is 0 Å². The van der Waals surface area contributed by atoms with Crippen LogP contribution in [0.3, 0.4) is 0 Å². The lowest BCUT2D eigenvalue weighted by Crippen LogP contribution is -2.51. The Kier molecular flexibility index (Phi) is 14.7. The molecule has 6 N–H and O–H groups in total. The lowest BCUT2D eigenvalue weighted by Gasteiger charge is -2.26. The molecule has 0 saturated heterocycles. The van der Waals surface area contributed by atoms with Gasteiger partial charge in [-0.2, -0.15) is 0 Å². The molecule has 2 atom stereocenters. The smallest absolute Gasteiger partial charge is 0.330 e. The lowest BCUT2D eigenvalue weighted by atomic mass is 10.3. The minimum atomic E-state index is -1.36. The van der Waals surface area contributed by atoms with E-state index in [9.17, 15) is 28.8 Å². The van der Waals surface area contributed by atoms with E-state index < -0.39 is 87.2 Å². The molecule has 0 radical (unpaired) electrons. The molecular weight excluding hydrogens is 464 g/mol. The van der Waals surface area contributed by atoms with Gasteiger partial charge in [0.2, 0.25) is 11.8 Å². The summed E-state index contributed by atoms with van der Waals surface area (Å²) in [5.74, 6) is -6.04. The van der Waals surface area contributed by atoms with Crippen LogP contribution in [0.15, 0.2) is 0 Å². The monoisotopic (exact) mass is 494 g/mol. The van der Waals surface area contributed by atoms with E-state index in [1.54, 1.807) is 0 Å². The molecule has 0 saturated carbocycles. The molecule has 2 unspecified atom stereocenters. The molecule has 34 heavy (non-hydrogen) atoms. The molecule has 0 aliphatic rings. The number of hydrogen-bond donors (Lipinski definition) is 6. The van der Waals surface area contributed by atoms with Crippen molar-refractivity contribution in [3.8, 4) is 0 Å². The highest BCUT2D eigenvalue weighted by molar-refractivity contribution is 5.86. The van der Waals surface area contributed by atoms with Crippen molar-refractivity contribution in [2.24, 2.45) is 0 Å². The number of aliphatic hydroxyl groups is 2. The second-order valence-electron chi connectivity index (χ2n) is 6.86. The fourth-order valence-electron chi connectivity index (χ4n) is 2.62. The standard InChI is InChI=1S/C18H30N4O12/c1-33-17(31)11(9-23)19-13(25)5-21(7-15(27)28)3-4-22(8-16(29)30)6-14(26)20-12(10-24)18(32)34-2/h11-12,23-24H,3-10H2,1-2H3,(H,19,25)(H,20,26)(H,27,28)(H,29,30). The topological polar surface area (TPSA) is 232 Å². The fraction of sp³-hybridized carbons (Fsp3) is 0.667. The zero-order valence-corrected chi connectivity index (χ0v) is 18.8. The van der Waals surface area contributed by atoms with E-state index in [1.807, 2.05) is 0 Å². The summed E-state index contributed by atoms with van der Waals surface area (Å²) < 4.78 is 8.84. The number of hydrogen-bond acceptors (Lipinski definition) is 12. The number of aliphatic carboxylic acids is 2. The molecule has 0 bridgehead atoms. The van der Waals surface area contributed by atoms with Gasteiger partial charge in [0, 0.05) is 13.1 Å². The second-order valence-corrected chi connectivity index (χ2v) is 6.86. The Labute approximate surface area is 194 Å². The fourth-order valence-corrected chi connectivity index (χ4v) is 2.62. The number of ether oxygens (including phenoxy) is 2. The van der Waals surface area contributed by atoms with Crippen LogP contribution in [0, 0.1) is 0 Å². The summed E-state index contributed by atoms with van der Waals surface area (Å²) in [7, 11) is 2.10. The van der Waals surface area contributed by atoms with E-state index in [4.69, 9.17) is 20.4 Å². The van der Waals surface area contributed by atoms with E-state index in [0.717, 1.165) is 24.0 Å². The minimum absolute atomic E-state index is 0.178. The van der Waals surface area contributed by atoms with Crippen LogP contribution in [-0.2, 0) is 38.2 Å². The van der Waals surface area contributed by atoms with Crippen LogP contribution in [0.4, 0.5) is 0 Å². The summed E-state index contributed by atoms with van der Waals surface area (Å²) in [6, 6.07) is -2.71. The Morgan fingerprint density at radius 2 is 1.00 bits per heavy atom. The average molecular weight is 494 g/mol. The molecule has 0 heterocycles. The van der Waals surface area contributed by atoms with E-state index in [-0.39, 0.29) is 13.1 Å². The van der Waals surface area contributed by atoms with E-state index in [1.165, 1.54) is 0 Å². The third-order valence-electron chi connectivity index (χ3n) is 4.19. The van der Waals surface area contributed by atoms with E-state index in [2.05, 4.69) is 20.1 Å². The number of carboxylic acids is 2. The third kappa shape index (κ3) is 12.6. The Balaban J connectivity index is 5.16.